The summed E-state index contributed by atoms with van der Waals surface area (Å²) in [6.45, 7) is 1.62. The van der Waals surface area contributed by atoms with Gasteiger partial charge in [0.15, 0.2) is 0 Å². The van der Waals surface area contributed by atoms with Crippen molar-refractivity contribution in [1.82, 2.24) is 5.32 Å². The fourth-order valence-electron chi connectivity index (χ4n) is 1.09. The molecule has 0 saturated carbocycles. The van der Waals surface area contributed by atoms with Gasteiger partial charge in [-0.3, -0.25) is 4.79 Å². The molecule has 0 bridgehead atoms. The summed E-state index contributed by atoms with van der Waals surface area (Å²) in [4.78, 5) is 11.0. The summed E-state index contributed by atoms with van der Waals surface area (Å²) in [6.07, 6.45) is 0.801. The molecule has 0 saturated heterocycles. The molecule has 1 aromatic rings. The van der Waals surface area contributed by atoms with Crippen molar-refractivity contribution in [3.63, 3.8) is 0 Å². The number of likely N-dealkylation sites (N-methyl/N-ethyl adjacent to an activating group) is 1. The first-order valence-electron chi connectivity index (χ1n) is 3.93. The molecule has 1 N–H and O–H groups in total. The van der Waals surface area contributed by atoms with Gasteiger partial charge in [-0.05, 0) is 42.8 Å². The number of ketones is 1. The number of carbonyl (C=O) groups is 1. The van der Waals surface area contributed by atoms with Crippen LogP contribution in [0.3, 0.4) is 0 Å². The van der Waals surface area contributed by atoms with E-state index in [1.807, 2.05) is 12.4 Å². The molecular weight excluding hydrogens is 170 g/mol. The van der Waals surface area contributed by atoms with E-state index < -0.39 is 0 Å². The normalized spacial score (nSPS) is 12.8. The summed E-state index contributed by atoms with van der Waals surface area (Å²) in [5.41, 5.74) is 1.23. The summed E-state index contributed by atoms with van der Waals surface area (Å²) in [6, 6.07) is 2.03. The molecule has 0 radical (unpaired) electrons. The Morgan fingerprint density at radius 2 is 2.50 bits per heavy atom. The Hall–Kier alpha value is -0.670. The number of Topliss-reactive ketones (excluding diaryl/α,β-unsaturated/α-hetero) is 1. The van der Waals surface area contributed by atoms with Crippen LogP contribution < -0.4 is 5.32 Å². The topological polar surface area (TPSA) is 29.1 Å². The van der Waals surface area contributed by atoms with Crippen molar-refractivity contribution in [2.75, 3.05) is 7.05 Å². The molecule has 2 nitrogen and oxygen atoms in total. The van der Waals surface area contributed by atoms with E-state index >= 15 is 0 Å². The van der Waals surface area contributed by atoms with Crippen LogP contribution in [-0.2, 0) is 11.2 Å². The first kappa shape index (κ1) is 9.42. The average molecular weight is 183 g/mol. The van der Waals surface area contributed by atoms with Crippen molar-refractivity contribution in [3.8, 4) is 0 Å². The van der Waals surface area contributed by atoms with Crippen LogP contribution in [0.25, 0.3) is 0 Å². The van der Waals surface area contributed by atoms with Gasteiger partial charge in [-0.2, -0.15) is 11.3 Å². The lowest BCUT2D eigenvalue weighted by atomic mass is 10.1. The highest BCUT2D eigenvalue weighted by atomic mass is 32.1. The monoisotopic (exact) mass is 183 g/mol. The molecule has 0 aliphatic carbocycles. The van der Waals surface area contributed by atoms with E-state index in [1.54, 1.807) is 18.3 Å². The number of nitrogens with one attached hydrogen (secondary N) is 1. The van der Waals surface area contributed by atoms with Crippen molar-refractivity contribution in [2.45, 2.75) is 19.4 Å². The van der Waals surface area contributed by atoms with Gasteiger partial charge in [0.05, 0.1) is 6.04 Å². The Bertz CT molecular complexity index is 243. The lowest BCUT2D eigenvalue weighted by Crippen LogP contribution is -2.34. The number of rotatable bonds is 4. The molecule has 1 aromatic heterocycles. The van der Waals surface area contributed by atoms with Crippen molar-refractivity contribution in [2.24, 2.45) is 0 Å². The fourth-order valence-corrected chi connectivity index (χ4v) is 1.78. The van der Waals surface area contributed by atoms with Crippen LogP contribution in [0.1, 0.15) is 12.5 Å². The smallest absolute Gasteiger partial charge is 0.147 e. The summed E-state index contributed by atoms with van der Waals surface area (Å²) in [7, 11) is 1.82. The zero-order valence-electron chi connectivity index (χ0n) is 7.33. The van der Waals surface area contributed by atoms with E-state index in [0.29, 0.717) is 0 Å². The first-order chi connectivity index (χ1) is 5.74. The maximum Gasteiger partial charge on any atom is 0.147 e. The summed E-state index contributed by atoms with van der Waals surface area (Å²) in [5.74, 6) is 0.198. The summed E-state index contributed by atoms with van der Waals surface area (Å²) >= 11 is 1.66. The standard InChI is InChI=1S/C9H13NOS/c1-7(11)9(10-2)5-8-3-4-12-6-8/h3-4,6,9-10H,5H2,1-2H3. The minimum atomic E-state index is -0.0281. The number of hydrogen-bond donors (Lipinski definition) is 1. The molecule has 1 rings (SSSR count). The zero-order valence-corrected chi connectivity index (χ0v) is 8.15. The predicted octanol–water partition coefficient (Wildman–Crippen LogP) is 1.47. The minimum Gasteiger partial charge on any atom is -0.310 e. The van der Waals surface area contributed by atoms with Gasteiger partial charge in [0.2, 0.25) is 0 Å². The Balaban J connectivity index is 2.54. The van der Waals surface area contributed by atoms with Crippen LogP contribution in [0.4, 0.5) is 0 Å². The van der Waals surface area contributed by atoms with Gasteiger partial charge in [0, 0.05) is 0 Å². The van der Waals surface area contributed by atoms with Crippen molar-refractivity contribution < 1.29 is 4.79 Å². The first-order valence-corrected chi connectivity index (χ1v) is 4.87. The Labute approximate surface area is 76.6 Å². The third-order valence-electron chi connectivity index (χ3n) is 1.86. The summed E-state index contributed by atoms with van der Waals surface area (Å²) in [5, 5.41) is 7.10. The maximum absolute atomic E-state index is 11.0. The molecule has 1 atom stereocenters. The lowest BCUT2D eigenvalue weighted by molar-refractivity contribution is -0.118. The van der Waals surface area contributed by atoms with Gasteiger partial charge in [-0.15, -0.1) is 0 Å². The highest BCUT2D eigenvalue weighted by molar-refractivity contribution is 7.07. The van der Waals surface area contributed by atoms with Gasteiger partial charge < -0.3 is 5.32 Å². The van der Waals surface area contributed by atoms with Gasteiger partial charge in [0.1, 0.15) is 5.78 Å². The summed E-state index contributed by atoms with van der Waals surface area (Å²) < 4.78 is 0. The van der Waals surface area contributed by atoms with Crippen LogP contribution in [0.5, 0.6) is 0 Å². The number of carbonyl (C=O) groups excluding carboxylic acids is 1. The maximum atomic E-state index is 11.0. The second-order valence-electron chi connectivity index (χ2n) is 2.79. The quantitative estimate of drug-likeness (QED) is 0.766. The van der Waals surface area contributed by atoms with E-state index in [0.717, 1.165) is 6.42 Å². The molecule has 1 heterocycles. The highest BCUT2D eigenvalue weighted by Crippen LogP contribution is 2.08. The molecule has 0 spiro atoms. The van der Waals surface area contributed by atoms with Crippen LogP contribution in [0.15, 0.2) is 16.8 Å². The van der Waals surface area contributed by atoms with E-state index in [1.165, 1.54) is 5.56 Å². The third-order valence-corrected chi connectivity index (χ3v) is 2.59. The SMILES string of the molecule is CNC(Cc1ccsc1)C(C)=O. The largest absolute Gasteiger partial charge is 0.310 e. The van der Waals surface area contributed by atoms with Crippen LogP contribution in [0.2, 0.25) is 0 Å². The van der Waals surface area contributed by atoms with Crippen LogP contribution in [-0.4, -0.2) is 18.9 Å². The van der Waals surface area contributed by atoms with Crippen molar-refractivity contribution in [3.05, 3.63) is 22.4 Å². The van der Waals surface area contributed by atoms with Crippen molar-refractivity contribution >= 4 is 17.1 Å². The predicted molar refractivity (Wildman–Crippen MR) is 51.6 cm³/mol. The van der Waals surface area contributed by atoms with E-state index in [2.05, 4.69) is 16.8 Å². The van der Waals surface area contributed by atoms with Crippen molar-refractivity contribution in [1.29, 1.82) is 0 Å². The molecule has 0 amide bonds. The average Bonchev–Trinajstić information content (AvgIpc) is 2.51. The number of hydrogen-bond acceptors (Lipinski definition) is 3. The molecule has 3 heteroatoms. The van der Waals surface area contributed by atoms with E-state index in [4.69, 9.17) is 0 Å². The molecule has 0 aliphatic heterocycles. The lowest BCUT2D eigenvalue weighted by Gasteiger charge is -2.10. The third kappa shape index (κ3) is 2.43. The molecule has 66 valence electrons. The fraction of sp³-hybridized carbons (Fsp3) is 0.444. The zero-order chi connectivity index (χ0) is 8.97. The second-order valence-corrected chi connectivity index (χ2v) is 3.57. The molecule has 12 heavy (non-hydrogen) atoms. The van der Waals surface area contributed by atoms with Gasteiger partial charge >= 0.3 is 0 Å². The van der Waals surface area contributed by atoms with Crippen LogP contribution in [0, 0.1) is 0 Å². The Kier molecular flexibility index (Phi) is 3.44. The molecular formula is C9H13NOS. The Morgan fingerprint density at radius 1 is 1.75 bits per heavy atom. The van der Waals surface area contributed by atoms with Gasteiger partial charge in [-0.1, -0.05) is 0 Å². The molecule has 0 aliphatic rings. The number of thiophene rings is 1. The van der Waals surface area contributed by atoms with Crippen LogP contribution >= 0.6 is 11.3 Å². The highest BCUT2D eigenvalue weighted by Gasteiger charge is 2.11. The molecule has 1 unspecified atom stereocenters. The van der Waals surface area contributed by atoms with Gasteiger partial charge in [0.25, 0.3) is 0 Å². The molecule has 0 fully saturated rings. The minimum absolute atomic E-state index is 0.0281. The van der Waals surface area contributed by atoms with E-state index in [9.17, 15) is 4.79 Å². The van der Waals surface area contributed by atoms with E-state index in [-0.39, 0.29) is 11.8 Å². The van der Waals surface area contributed by atoms with Gasteiger partial charge in [-0.25, -0.2) is 0 Å². The Morgan fingerprint density at radius 3 is 2.92 bits per heavy atom. The molecule has 0 aromatic carbocycles. The second kappa shape index (κ2) is 4.38.